The Hall–Kier alpha value is -4.16. The molecule has 9 heteroatoms. The van der Waals surface area contributed by atoms with Crippen LogP contribution in [0.2, 0.25) is 0 Å². The van der Waals surface area contributed by atoms with Crippen LogP contribution in [0.4, 0.5) is 11.5 Å². The standard InChI is InChI=1S/C37H44N6O3/c1-5-33(44)43-19-18-42(22-28(43)21-38-4)35-30-13-17-41(32-11-7-10-27-9-6-8-25(2)34(27)32)23-31(30)39-36(40-35)46-26(3)24-45-29-12-14-37(20-29)15-16-37/h5-11,26,28-29H,1,12-24H2,2-3H3/t26-,28-,29?/m0/s1. The van der Waals surface area contributed by atoms with Gasteiger partial charge in [-0.15, -0.1) is 0 Å². The van der Waals surface area contributed by atoms with Crippen LogP contribution in [0.1, 0.15) is 55.8 Å². The van der Waals surface area contributed by atoms with Crippen molar-refractivity contribution < 1.29 is 14.3 Å². The first-order valence-corrected chi connectivity index (χ1v) is 16.8. The van der Waals surface area contributed by atoms with E-state index in [2.05, 4.69) is 64.5 Å². The van der Waals surface area contributed by atoms with Crippen molar-refractivity contribution in [3.8, 4) is 6.01 Å². The van der Waals surface area contributed by atoms with Gasteiger partial charge >= 0.3 is 6.01 Å². The normalized spacial score (nSPS) is 22.4. The highest BCUT2D eigenvalue weighted by atomic mass is 16.5. The highest BCUT2D eigenvalue weighted by Gasteiger charge is 2.48. The smallest absolute Gasteiger partial charge is 0.319 e. The van der Waals surface area contributed by atoms with Crippen molar-refractivity contribution in [1.82, 2.24) is 14.9 Å². The topological polar surface area (TPSA) is 75.4 Å². The fourth-order valence-electron chi connectivity index (χ4n) is 7.81. The number of hydrogen-bond acceptors (Lipinski definition) is 7. The number of carbonyl (C=O) groups excluding carboxylic acids is 1. The van der Waals surface area contributed by atoms with E-state index in [1.54, 1.807) is 4.90 Å². The van der Waals surface area contributed by atoms with Gasteiger partial charge in [-0.3, -0.25) is 4.79 Å². The molecule has 2 saturated carbocycles. The van der Waals surface area contributed by atoms with Gasteiger partial charge in [0.2, 0.25) is 12.5 Å². The maximum atomic E-state index is 12.6. The maximum Gasteiger partial charge on any atom is 0.319 e. The van der Waals surface area contributed by atoms with Crippen LogP contribution >= 0.6 is 0 Å². The third-order valence-corrected chi connectivity index (χ3v) is 10.5. The lowest BCUT2D eigenvalue weighted by atomic mass is 9.99. The molecule has 2 aromatic carbocycles. The monoisotopic (exact) mass is 620 g/mol. The van der Waals surface area contributed by atoms with Crippen LogP contribution in [0.3, 0.4) is 0 Å². The maximum absolute atomic E-state index is 12.6. The molecule has 0 radical (unpaired) electrons. The molecule has 9 nitrogen and oxygen atoms in total. The molecule has 0 N–H and O–H groups in total. The van der Waals surface area contributed by atoms with E-state index in [4.69, 9.17) is 26.0 Å². The van der Waals surface area contributed by atoms with Crippen molar-refractivity contribution in [1.29, 1.82) is 0 Å². The summed E-state index contributed by atoms with van der Waals surface area (Å²) in [5.74, 6) is 0.723. The van der Waals surface area contributed by atoms with Gasteiger partial charge in [-0.2, -0.15) is 9.97 Å². The van der Waals surface area contributed by atoms with E-state index in [-0.39, 0.29) is 24.6 Å². The SMILES string of the molecule is [C-]#[N+]C[C@H]1CN(c2nc(O[C@@H](C)COC3CCC4(CC4)C3)nc3c2CCN(c2cccc4cccc(C)c24)C3)CCN1C(=O)C=C. The Balaban J connectivity index is 1.17. The minimum Gasteiger partial charge on any atom is -0.458 e. The summed E-state index contributed by atoms with van der Waals surface area (Å²) < 4.78 is 12.7. The number of ether oxygens (including phenoxy) is 2. The van der Waals surface area contributed by atoms with Gasteiger partial charge in [-0.25, -0.2) is 6.57 Å². The van der Waals surface area contributed by atoms with Crippen molar-refractivity contribution >= 4 is 28.2 Å². The quantitative estimate of drug-likeness (QED) is 0.223. The molecule has 2 aliphatic carbocycles. The fourth-order valence-corrected chi connectivity index (χ4v) is 7.81. The minimum absolute atomic E-state index is 0.133. The van der Waals surface area contributed by atoms with E-state index in [1.807, 2.05) is 6.92 Å². The summed E-state index contributed by atoms with van der Waals surface area (Å²) in [6.07, 6.45) is 8.56. The van der Waals surface area contributed by atoms with Gasteiger partial charge in [0.15, 0.2) is 0 Å². The van der Waals surface area contributed by atoms with Gasteiger partial charge in [-0.05, 0) is 80.9 Å². The average molecular weight is 621 g/mol. The molecule has 1 saturated heterocycles. The zero-order valence-corrected chi connectivity index (χ0v) is 27.1. The molecule has 1 unspecified atom stereocenters. The predicted molar refractivity (Wildman–Crippen MR) is 180 cm³/mol. The number of amides is 1. The summed E-state index contributed by atoms with van der Waals surface area (Å²) in [5, 5.41) is 2.51. The van der Waals surface area contributed by atoms with E-state index in [0.29, 0.717) is 50.3 Å². The van der Waals surface area contributed by atoms with Crippen LogP contribution in [0.25, 0.3) is 15.6 Å². The Labute approximate surface area is 272 Å². The zero-order chi connectivity index (χ0) is 31.8. The number of aryl methyl sites for hydroxylation is 1. The summed E-state index contributed by atoms with van der Waals surface area (Å²) in [4.78, 5) is 32.7. The van der Waals surface area contributed by atoms with Gasteiger partial charge in [0.25, 0.3) is 0 Å². The largest absolute Gasteiger partial charge is 0.458 e. The average Bonchev–Trinajstić information content (AvgIpc) is 3.71. The Morgan fingerprint density at radius 3 is 2.74 bits per heavy atom. The van der Waals surface area contributed by atoms with E-state index in [1.165, 1.54) is 53.8 Å². The molecule has 3 fully saturated rings. The second-order valence-electron chi connectivity index (χ2n) is 13.7. The molecule has 2 aliphatic heterocycles. The van der Waals surface area contributed by atoms with E-state index < -0.39 is 0 Å². The molecule has 240 valence electrons. The molecule has 1 amide bonds. The lowest BCUT2D eigenvalue weighted by molar-refractivity contribution is -0.128. The number of nitrogens with zero attached hydrogens (tertiary/aromatic N) is 6. The molecular weight excluding hydrogens is 576 g/mol. The molecule has 3 aromatic rings. The molecule has 3 heterocycles. The van der Waals surface area contributed by atoms with Crippen LogP contribution in [0.5, 0.6) is 6.01 Å². The lowest BCUT2D eigenvalue weighted by Gasteiger charge is -2.41. The second kappa shape index (κ2) is 12.6. The molecule has 46 heavy (non-hydrogen) atoms. The summed E-state index contributed by atoms with van der Waals surface area (Å²) in [5.41, 5.74) is 5.13. The number of carbonyl (C=O) groups is 1. The minimum atomic E-state index is -0.237. The highest BCUT2D eigenvalue weighted by Crippen LogP contribution is 2.58. The number of aromatic nitrogens is 2. The van der Waals surface area contributed by atoms with Gasteiger partial charge in [0, 0.05) is 42.8 Å². The number of hydrogen-bond donors (Lipinski definition) is 0. The third kappa shape index (κ3) is 6.03. The Kier molecular flexibility index (Phi) is 8.33. The third-order valence-electron chi connectivity index (χ3n) is 10.5. The molecular formula is C37H44N6O3. The first-order chi connectivity index (χ1) is 22.4. The van der Waals surface area contributed by atoms with Crippen molar-refractivity contribution in [2.24, 2.45) is 5.41 Å². The number of piperazine rings is 1. The molecule has 0 bridgehead atoms. The van der Waals surface area contributed by atoms with E-state index >= 15 is 0 Å². The second-order valence-corrected chi connectivity index (χ2v) is 13.7. The Bertz CT molecular complexity index is 1670. The Morgan fingerprint density at radius 1 is 1.15 bits per heavy atom. The van der Waals surface area contributed by atoms with Gasteiger partial charge < -0.3 is 29.0 Å². The molecule has 3 atom stereocenters. The van der Waals surface area contributed by atoms with Crippen molar-refractivity contribution in [2.75, 3.05) is 49.1 Å². The van der Waals surface area contributed by atoms with Crippen molar-refractivity contribution in [3.63, 3.8) is 0 Å². The summed E-state index contributed by atoms with van der Waals surface area (Å²) in [7, 11) is 0. The van der Waals surface area contributed by atoms with Crippen molar-refractivity contribution in [2.45, 2.75) is 77.2 Å². The van der Waals surface area contributed by atoms with Crippen LogP contribution < -0.4 is 14.5 Å². The van der Waals surface area contributed by atoms with Crippen LogP contribution in [0.15, 0.2) is 49.1 Å². The predicted octanol–water partition coefficient (Wildman–Crippen LogP) is 5.74. The zero-order valence-electron chi connectivity index (χ0n) is 27.1. The van der Waals surface area contributed by atoms with Crippen LogP contribution in [-0.4, -0.2) is 78.4 Å². The van der Waals surface area contributed by atoms with Gasteiger partial charge in [0.05, 0.1) is 24.9 Å². The van der Waals surface area contributed by atoms with Crippen LogP contribution in [0, 0.1) is 18.9 Å². The fraction of sp³-hybridized carbons (Fsp3) is 0.514. The molecule has 1 spiro atoms. The van der Waals surface area contributed by atoms with Crippen LogP contribution in [-0.2, 0) is 22.5 Å². The first-order valence-electron chi connectivity index (χ1n) is 16.8. The van der Waals surface area contributed by atoms with Gasteiger partial charge in [0.1, 0.15) is 18.0 Å². The number of anilines is 2. The molecule has 1 aromatic heterocycles. The van der Waals surface area contributed by atoms with Gasteiger partial charge in [-0.1, -0.05) is 36.9 Å². The van der Waals surface area contributed by atoms with Crippen molar-refractivity contribution in [3.05, 3.63) is 77.3 Å². The highest BCUT2D eigenvalue weighted by molar-refractivity contribution is 5.97. The Morgan fingerprint density at radius 2 is 1.98 bits per heavy atom. The number of fused-ring (bicyclic) bond motifs is 2. The molecule has 7 rings (SSSR count). The van der Waals surface area contributed by atoms with E-state index in [9.17, 15) is 4.79 Å². The number of rotatable bonds is 9. The lowest BCUT2D eigenvalue weighted by Crippen LogP contribution is -2.56. The summed E-state index contributed by atoms with van der Waals surface area (Å²) in [6.45, 7) is 19.3. The summed E-state index contributed by atoms with van der Waals surface area (Å²) in [6, 6.07) is 13.1. The first kappa shape index (κ1) is 30.5. The number of benzene rings is 2. The molecule has 4 aliphatic rings. The summed E-state index contributed by atoms with van der Waals surface area (Å²) >= 11 is 0. The van der Waals surface area contributed by atoms with E-state index in [0.717, 1.165) is 36.5 Å².